The van der Waals surface area contributed by atoms with Crippen molar-refractivity contribution in [2.45, 2.75) is 0 Å². The van der Waals surface area contributed by atoms with Crippen LogP contribution in [0.15, 0.2) is 217 Å². The molecule has 0 nitrogen and oxygen atoms in total. The SMILES string of the molecule is c1ccc(-c2c(-c3ccccc3)c3cc4c(-c5ccccc5)c(-c5ccccc5)c5cc(-c6cccs6)c6ccccc6c5c4c4cc(-c5cccs5)c5cccc2c5c34)cc1. The lowest BCUT2D eigenvalue weighted by Gasteiger charge is -2.26. The second kappa shape index (κ2) is 14.1. The molecular formula is C60H36S2. The van der Waals surface area contributed by atoms with Crippen LogP contribution < -0.4 is 0 Å². The molecule has 11 aromatic carbocycles. The molecule has 2 aromatic heterocycles. The first-order chi connectivity index (χ1) is 30.8. The highest BCUT2D eigenvalue weighted by atomic mass is 32.1. The van der Waals surface area contributed by atoms with Crippen LogP contribution in [0.1, 0.15) is 0 Å². The quantitative estimate of drug-likeness (QED) is 0.116. The Morgan fingerprint density at radius 2 is 0.581 bits per heavy atom. The smallest absolute Gasteiger partial charge is 0.0349 e. The molecule has 0 atom stereocenters. The van der Waals surface area contributed by atoms with Crippen molar-refractivity contribution in [2.75, 3.05) is 0 Å². The Morgan fingerprint density at radius 1 is 0.226 bits per heavy atom. The van der Waals surface area contributed by atoms with Crippen molar-refractivity contribution in [1.82, 2.24) is 0 Å². The van der Waals surface area contributed by atoms with Gasteiger partial charge in [-0.1, -0.05) is 176 Å². The molecule has 0 unspecified atom stereocenters. The summed E-state index contributed by atoms with van der Waals surface area (Å²) in [6, 6.07) is 77.1. The molecule has 62 heavy (non-hydrogen) atoms. The number of hydrogen-bond acceptors (Lipinski definition) is 2. The van der Waals surface area contributed by atoms with E-state index >= 15 is 0 Å². The summed E-state index contributed by atoms with van der Waals surface area (Å²) in [5.74, 6) is 0. The minimum atomic E-state index is 1.21. The van der Waals surface area contributed by atoms with Crippen molar-refractivity contribution in [2.24, 2.45) is 0 Å². The van der Waals surface area contributed by atoms with Crippen LogP contribution in [0, 0.1) is 0 Å². The van der Waals surface area contributed by atoms with E-state index in [1.807, 2.05) is 22.7 Å². The fourth-order valence-electron chi connectivity index (χ4n) is 10.5. The number of rotatable bonds is 6. The third-order valence-electron chi connectivity index (χ3n) is 13.0. The van der Waals surface area contributed by atoms with Gasteiger partial charge in [0.2, 0.25) is 0 Å². The average Bonchev–Trinajstić information content (AvgIpc) is 4.09. The van der Waals surface area contributed by atoms with Crippen LogP contribution >= 0.6 is 22.7 Å². The van der Waals surface area contributed by atoms with Crippen LogP contribution in [0.5, 0.6) is 0 Å². The Labute approximate surface area is 367 Å². The van der Waals surface area contributed by atoms with Gasteiger partial charge in [0.05, 0.1) is 0 Å². The molecule has 2 heterocycles. The van der Waals surface area contributed by atoms with Gasteiger partial charge in [-0.25, -0.2) is 0 Å². The number of hydrogen-bond donors (Lipinski definition) is 0. The van der Waals surface area contributed by atoms with Crippen molar-refractivity contribution in [3.8, 4) is 65.4 Å². The van der Waals surface area contributed by atoms with E-state index in [1.165, 1.54) is 130 Å². The Kier molecular flexibility index (Phi) is 8.06. The van der Waals surface area contributed by atoms with Crippen LogP contribution in [0.25, 0.3) is 130 Å². The van der Waals surface area contributed by atoms with Crippen molar-refractivity contribution in [3.05, 3.63) is 217 Å². The highest BCUT2D eigenvalue weighted by molar-refractivity contribution is 7.14. The topological polar surface area (TPSA) is 0 Å². The monoisotopic (exact) mass is 820 g/mol. The summed E-state index contributed by atoms with van der Waals surface area (Å²) in [5, 5.41) is 19.9. The largest absolute Gasteiger partial charge is 0.144 e. The zero-order valence-corrected chi connectivity index (χ0v) is 35.2. The van der Waals surface area contributed by atoms with Gasteiger partial charge in [-0.05, 0) is 150 Å². The summed E-state index contributed by atoms with van der Waals surface area (Å²) < 4.78 is 0. The average molecular weight is 821 g/mol. The highest BCUT2D eigenvalue weighted by Gasteiger charge is 2.28. The maximum atomic E-state index is 2.58. The van der Waals surface area contributed by atoms with Crippen LogP contribution in [0.4, 0.5) is 0 Å². The van der Waals surface area contributed by atoms with E-state index in [0.717, 1.165) is 0 Å². The summed E-state index contributed by atoms with van der Waals surface area (Å²) in [4.78, 5) is 2.56. The van der Waals surface area contributed by atoms with Gasteiger partial charge in [-0.3, -0.25) is 0 Å². The molecule has 0 radical (unpaired) electrons. The van der Waals surface area contributed by atoms with Gasteiger partial charge in [-0.15, -0.1) is 22.7 Å². The zero-order valence-electron chi connectivity index (χ0n) is 33.6. The van der Waals surface area contributed by atoms with E-state index in [4.69, 9.17) is 0 Å². The first-order valence-corrected chi connectivity index (χ1v) is 23.0. The van der Waals surface area contributed by atoms with Crippen molar-refractivity contribution >= 4 is 87.3 Å². The van der Waals surface area contributed by atoms with Gasteiger partial charge in [0.15, 0.2) is 0 Å². The lowest BCUT2D eigenvalue weighted by Crippen LogP contribution is -1.98. The Bertz CT molecular complexity index is 3790. The fourth-order valence-corrected chi connectivity index (χ4v) is 12.0. The summed E-state index contributed by atoms with van der Waals surface area (Å²) in [5.41, 5.74) is 12.5. The Morgan fingerprint density at radius 3 is 1.06 bits per heavy atom. The van der Waals surface area contributed by atoms with E-state index in [2.05, 4.69) is 217 Å². The van der Waals surface area contributed by atoms with Crippen LogP contribution in [0.3, 0.4) is 0 Å². The Balaban J connectivity index is 1.39. The summed E-state index contributed by atoms with van der Waals surface area (Å²) in [6.07, 6.45) is 0. The van der Waals surface area contributed by atoms with Crippen LogP contribution in [-0.4, -0.2) is 0 Å². The third kappa shape index (κ3) is 5.24. The van der Waals surface area contributed by atoms with Gasteiger partial charge in [0.1, 0.15) is 0 Å². The lowest BCUT2D eigenvalue weighted by molar-refractivity contribution is 1.63. The summed E-state index contributed by atoms with van der Waals surface area (Å²) in [6.45, 7) is 0. The predicted molar refractivity (Wildman–Crippen MR) is 271 cm³/mol. The van der Waals surface area contributed by atoms with Crippen molar-refractivity contribution in [3.63, 3.8) is 0 Å². The van der Waals surface area contributed by atoms with Gasteiger partial charge in [-0.2, -0.15) is 0 Å². The third-order valence-corrected chi connectivity index (χ3v) is 14.8. The molecule has 0 aliphatic carbocycles. The van der Waals surface area contributed by atoms with E-state index < -0.39 is 0 Å². The second-order valence-electron chi connectivity index (χ2n) is 16.2. The van der Waals surface area contributed by atoms with E-state index in [1.54, 1.807) is 0 Å². The number of benzene rings is 11. The minimum absolute atomic E-state index is 1.21. The molecule has 2 heteroatoms. The molecule has 0 amide bonds. The molecule has 0 spiro atoms. The minimum Gasteiger partial charge on any atom is -0.144 e. The van der Waals surface area contributed by atoms with E-state index in [0.29, 0.717) is 0 Å². The Hall–Kier alpha value is -7.36. The molecule has 0 saturated heterocycles. The van der Waals surface area contributed by atoms with Crippen molar-refractivity contribution < 1.29 is 0 Å². The fraction of sp³-hybridized carbons (Fsp3) is 0. The van der Waals surface area contributed by atoms with Crippen molar-refractivity contribution in [1.29, 1.82) is 0 Å². The number of thiophene rings is 2. The van der Waals surface area contributed by atoms with Gasteiger partial charge in [0, 0.05) is 20.9 Å². The first kappa shape index (κ1) is 35.4. The van der Waals surface area contributed by atoms with E-state index in [-0.39, 0.29) is 0 Å². The molecule has 13 rings (SSSR count). The molecule has 0 N–H and O–H groups in total. The van der Waals surface area contributed by atoms with Gasteiger partial charge >= 0.3 is 0 Å². The molecule has 0 aliphatic heterocycles. The normalized spacial score (nSPS) is 11.9. The van der Waals surface area contributed by atoms with E-state index in [9.17, 15) is 0 Å². The lowest BCUT2D eigenvalue weighted by atomic mass is 9.77. The zero-order chi connectivity index (χ0) is 40.7. The van der Waals surface area contributed by atoms with Gasteiger partial charge in [0.25, 0.3) is 0 Å². The maximum Gasteiger partial charge on any atom is 0.0349 e. The van der Waals surface area contributed by atoms with Crippen LogP contribution in [-0.2, 0) is 0 Å². The number of fused-ring (bicyclic) bond motifs is 6. The maximum absolute atomic E-state index is 2.58. The standard InChI is InChI=1S/C60H36S2/c1-5-18-37(19-6-1)53-44-29-15-28-43-46(52-31-17-33-62-52)35-50-59(57(43)44)48(54(53)38-20-7-2-8-21-38)36-49-56(40-24-11-4-12-25-40)55(39-22-9-3-10-23-39)47-34-45(51-30-16-32-61-51)41-26-13-14-27-42(41)58(47)60(49)50/h1-36H. The molecular weight excluding hydrogens is 785 g/mol. The second-order valence-corrected chi connectivity index (χ2v) is 18.1. The predicted octanol–water partition coefficient (Wildman–Crippen LogP) is 18.2. The first-order valence-electron chi connectivity index (χ1n) is 21.2. The molecule has 13 aromatic rings. The molecule has 0 aliphatic rings. The summed E-state index contributed by atoms with van der Waals surface area (Å²) >= 11 is 3.64. The molecule has 0 fully saturated rings. The summed E-state index contributed by atoms with van der Waals surface area (Å²) in [7, 11) is 0. The van der Waals surface area contributed by atoms with Crippen LogP contribution in [0.2, 0.25) is 0 Å². The van der Waals surface area contributed by atoms with Gasteiger partial charge < -0.3 is 0 Å². The highest BCUT2D eigenvalue weighted by Crippen LogP contribution is 2.56. The molecule has 288 valence electrons. The molecule has 0 bridgehead atoms. The molecule has 0 saturated carbocycles.